The summed E-state index contributed by atoms with van der Waals surface area (Å²) in [6.07, 6.45) is 4.85. The zero-order chi connectivity index (χ0) is 17.8. The van der Waals surface area contributed by atoms with Crippen LogP contribution in [-0.4, -0.2) is 27.5 Å². The maximum absolute atomic E-state index is 11.8. The molecular formula is C18H22N4O3. The molecule has 25 heavy (non-hydrogen) atoms. The fourth-order valence-electron chi connectivity index (χ4n) is 2.73. The average molecular weight is 342 g/mol. The molecule has 132 valence electrons. The summed E-state index contributed by atoms with van der Waals surface area (Å²) >= 11 is 0. The van der Waals surface area contributed by atoms with E-state index in [-0.39, 0.29) is 17.6 Å². The fourth-order valence-corrected chi connectivity index (χ4v) is 2.73. The number of aryl methyl sites for hydroxylation is 1. The lowest BCUT2D eigenvalue weighted by molar-refractivity contribution is -0.137. The molecule has 0 saturated heterocycles. The van der Waals surface area contributed by atoms with Crippen LogP contribution < -0.4 is 5.32 Å². The molecule has 0 spiro atoms. The summed E-state index contributed by atoms with van der Waals surface area (Å²) in [5, 5.41) is 21.2. The largest absolute Gasteiger partial charge is 0.493 e. The van der Waals surface area contributed by atoms with Crippen molar-refractivity contribution in [3.8, 4) is 5.88 Å². The van der Waals surface area contributed by atoms with Gasteiger partial charge in [0.25, 0.3) is 0 Å². The molecule has 1 heterocycles. The summed E-state index contributed by atoms with van der Waals surface area (Å²) in [6.45, 7) is 2.78. The molecule has 1 aliphatic carbocycles. The van der Waals surface area contributed by atoms with Gasteiger partial charge in [-0.15, -0.1) is 10.2 Å². The minimum atomic E-state index is -0.950. The predicted octanol–water partition coefficient (Wildman–Crippen LogP) is 3.43. The SMILES string of the molecule is CCCCCn1c(O)c(N=NC(=O)C(=O)NC2CC2)c2ccccc21. The number of carbonyl (C=O) groups is 2. The van der Waals surface area contributed by atoms with Crippen molar-refractivity contribution in [1.29, 1.82) is 0 Å². The monoisotopic (exact) mass is 342 g/mol. The van der Waals surface area contributed by atoms with Crippen molar-refractivity contribution in [2.45, 2.75) is 51.6 Å². The van der Waals surface area contributed by atoms with E-state index in [0.29, 0.717) is 11.9 Å². The van der Waals surface area contributed by atoms with E-state index in [1.807, 2.05) is 24.3 Å². The molecule has 1 aliphatic rings. The molecule has 2 amide bonds. The standard InChI is InChI=1S/C18H22N4O3/c1-2-3-6-11-22-14-8-5-4-7-13(14)15(18(22)25)20-21-17(24)16(23)19-12-9-10-12/h4-5,7-8,12,25H,2-3,6,9-11H2,1H3,(H,19,23). The molecule has 2 N–H and O–H groups in total. The molecule has 0 aliphatic heterocycles. The van der Waals surface area contributed by atoms with Gasteiger partial charge in [0.2, 0.25) is 5.88 Å². The summed E-state index contributed by atoms with van der Waals surface area (Å²) in [4.78, 5) is 23.4. The van der Waals surface area contributed by atoms with Gasteiger partial charge in [-0.25, -0.2) is 0 Å². The van der Waals surface area contributed by atoms with Crippen LogP contribution in [0.5, 0.6) is 5.88 Å². The molecule has 0 unspecified atom stereocenters. The lowest BCUT2D eigenvalue weighted by atomic mass is 10.2. The second-order valence-corrected chi connectivity index (χ2v) is 6.30. The number of aromatic hydroxyl groups is 1. The molecule has 7 nitrogen and oxygen atoms in total. The third-order valence-corrected chi connectivity index (χ3v) is 4.25. The van der Waals surface area contributed by atoms with Gasteiger partial charge >= 0.3 is 11.8 Å². The molecule has 0 radical (unpaired) electrons. The summed E-state index contributed by atoms with van der Waals surface area (Å²) in [5.41, 5.74) is 1.06. The summed E-state index contributed by atoms with van der Waals surface area (Å²) in [7, 11) is 0. The number of amides is 2. The second kappa shape index (κ2) is 7.46. The molecular weight excluding hydrogens is 320 g/mol. The molecule has 0 atom stereocenters. The Kier molecular flexibility index (Phi) is 5.11. The normalized spacial score (nSPS) is 14.3. The first-order valence-electron chi connectivity index (χ1n) is 8.68. The molecule has 1 aromatic carbocycles. The van der Waals surface area contributed by atoms with Crippen LogP contribution >= 0.6 is 0 Å². The smallest absolute Gasteiger partial charge is 0.353 e. The van der Waals surface area contributed by atoms with E-state index in [1.54, 1.807) is 4.57 Å². The van der Waals surface area contributed by atoms with Crippen molar-refractivity contribution >= 4 is 28.4 Å². The Morgan fingerprint density at radius 1 is 1.28 bits per heavy atom. The van der Waals surface area contributed by atoms with E-state index in [9.17, 15) is 14.7 Å². The van der Waals surface area contributed by atoms with Gasteiger partial charge in [0.1, 0.15) is 0 Å². The van der Waals surface area contributed by atoms with Gasteiger partial charge in [0.15, 0.2) is 5.69 Å². The highest BCUT2D eigenvalue weighted by Crippen LogP contribution is 2.39. The number of para-hydroxylation sites is 1. The number of azo groups is 1. The van der Waals surface area contributed by atoms with Crippen LogP contribution in [0.25, 0.3) is 10.9 Å². The van der Waals surface area contributed by atoms with Gasteiger partial charge in [0.05, 0.1) is 5.52 Å². The quantitative estimate of drug-likeness (QED) is 0.478. The van der Waals surface area contributed by atoms with Crippen LogP contribution in [0.2, 0.25) is 0 Å². The number of carbonyl (C=O) groups excluding carboxylic acids is 2. The number of fused-ring (bicyclic) bond motifs is 1. The zero-order valence-electron chi connectivity index (χ0n) is 14.2. The van der Waals surface area contributed by atoms with Gasteiger partial charge in [-0.1, -0.05) is 38.0 Å². The van der Waals surface area contributed by atoms with Crippen LogP contribution in [0.15, 0.2) is 34.5 Å². The highest BCUT2D eigenvalue weighted by atomic mass is 16.3. The lowest BCUT2D eigenvalue weighted by Crippen LogP contribution is -2.31. The minimum absolute atomic E-state index is 0.0311. The minimum Gasteiger partial charge on any atom is -0.493 e. The Balaban J connectivity index is 1.84. The van der Waals surface area contributed by atoms with Crippen molar-refractivity contribution in [2.75, 3.05) is 0 Å². The van der Waals surface area contributed by atoms with Crippen molar-refractivity contribution in [3.63, 3.8) is 0 Å². The maximum atomic E-state index is 11.8. The van der Waals surface area contributed by atoms with E-state index in [0.717, 1.165) is 37.6 Å². The molecule has 1 fully saturated rings. The summed E-state index contributed by atoms with van der Waals surface area (Å²) in [6, 6.07) is 7.50. The number of nitrogens with zero attached hydrogens (tertiary/aromatic N) is 3. The topological polar surface area (TPSA) is 96.0 Å². The van der Waals surface area contributed by atoms with Gasteiger partial charge in [-0.2, -0.15) is 0 Å². The zero-order valence-corrected chi connectivity index (χ0v) is 14.2. The van der Waals surface area contributed by atoms with Gasteiger partial charge in [0, 0.05) is 18.0 Å². The van der Waals surface area contributed by atoms with E-state index in [2.05, 4.69) is 22.5 Å². The lowest BCUT2D eigenvalue weighted by Gasteiger charge is -2.05. The number of aromatic nitrogens is 1. The van der Waals surface area contributed by atoms with Crippen LogP contribution in [-0.2, 0) is 16.1 Å². The Morgan fingerprint density at radius 2 is 2.04 bits per heavy atom. The molecule has 1 saturated carbocycles. The van der Waals surface area contributed by atoms with Crippen LogP contribution in [0, 0.1) is 0 Å². The number of unbranched alkanes of at least 4 members (excludes halogenated alkanes) is 2. The first-order valence-corrected chi connectivity index (χ1v) is 8.68. The predicted molar refractivity (Wildman–Crippen MR) is 93.8 cm³/mol. The number of rotatable bonds is 6. The maximum Gasteiger partial charge on any atom is 0.353 e. The summed E-state index contributed by atoms with van der Waals surface area (Å²) < 4.78 is 1.77. The third-order valence-electron chi connectivity index (χ3n) is 4.25. The molecule has 1 aromatic heterocycles. The van der Waals surface area contributed by atoms with E-state index < -0.39 is 11.8 Å². The number of nitrogens with one attached hydrogen (secondary N) is 1. The van der Waals surface area contributed by atoms with Gasteiger partial charge < -0.3 is 15.0 Å². The van der Waals surface area contributed by atoms with Crippen LogP contribution in [0.3, 0.4) is 0 Å². The van der Waals surface area contributed by atoms with E-state index in [1.165, 1.54) is 0 Å². The van der Waals surface area contributed by atoms with Crippen molar-refractivity contribution in [3.05, 3.63) is 24.3 Å². The van der Waals surface area contributed by atoms with Crippen molar-refractivity contribution < 1.29 is 14.7 Å². The van der Waals surface area contributed by atoms with Crippen LogP contribution in [0.4, 0.5) is 5.69 Å². The molecule has 3 rings (SSSR count). The molecule has 7 heteroatoms. The van der Waals surface area contributed by atoms with Crippen molar-refractivity contribution in [2.24, 2.45) is 10.2 Å². The molecule has 2 aromatic rings. The Hall–Kier alpha value is -2.70. The highest BCUT2D eigenvalue weighted by molar-refractivity contribution is 6.35. The van der Waals surface area contributed by atoms with Gasteiger partial charge in [-0.05, 0) is 25.3 Å². The fraction of sp³-hybridized carbons (Fsp3) is 0.444. The third kappa shape index (κ3) is 3.87. The average Bonchev–Trinajstić information content (AvgIpc) is 3.38. The number of hydrogen-bond acceptors (Lipinski definition) is 4. The Labute approximate surface area is 145 Å². The summed E-state index contributed by atoms with van der Waals surface area (Å²) in [5.74, 6) is -1.73. The Bertz CT molecular complexity index is 821. The van der Waals surface area contributed by atoms with Gasteiger partial charge in [-0.3, -0.25) is 9.59 Å². The molecule has 0 bridgehead atoms. The highest BCUT2D eigenvalue weighted by Gasteiger charge is 2.26. The number of hydrogen-bond donors (Lipinski definition) is 2. The van der Waals surface area contributed by atoms with E-state index in [4.69, 9.17) is 0 Å². The second-order valence-electron chi connectivity index (χ2n) is 6.30. The first kappa shape index (κ1) is 17.1. The van der Waals surface area contributed by atoms with Crippen molar-refractivity contribution in [1.82, 2.24) is 9.88 Å². The first-order chi connectivity index (χ1) is 12.1. The number of benzene rings is 1. The van der Waals surface area contributed by atoms with E-state index >= 15 is 0 Å². The Morgan fingerprint density at radius 3 is 2.76 bits per heavy atom. The van der Waals surface area contributed by atoms with Crippen LogP contribution in [0.1, 0.15) is 39.0 Å².